The van der Waals surface area contributed by atoms with Crippen LogP contribution in [-0.4, -0.2) is 88.7 Å². The van der Waals surface area contributed by atoms with E-state index < -0.39 is 23.7 Å². The molecule has 1 N–H and O–H groups in total. The number of nitrogens with zero attached hydrogens (tertiary/aromatic N) is 5. The molecule has 194 valence electrons. The number of carbonyl (C=O) groups excluding carboxylic acids is 1. The van der Waals surface area contributed by atoms with Gasteiger partial charge in [0.2, 0.25) is 0 Å². The number of hydrogen-bond acceptors (Lipinski definition) is 6. The molecule has 0 radical (unpaired) electrons. The van der Waals surface area contributed by atoms with Crippen LogP contribution in [0.5, 0.6) is 0 Å². The Labute approximate surface area is 206 Å². The van der Waals surface area contributed by atoms with Gasteiger partial charge >= 0.3 is 18.2 Å². The molecule has 0 saturated carbocycles. The molecule has 0 aliphatic carbocycles. The summed E-state index contributed by atoms with van der Waals surface area (Å²) in [7, 11) is 0. The number of benzene rings is 1. The second-order valence-electron chi connectivity index (χ2n) is 9.61. The van der Waals surface area contributed by atoms with Crippen molar-refractivity contribution in [2.75, 3.05) is 50.8 Å². The van der Waals surface area contributed by atoms with E-state index in [0.29, 0.717) is 57.5 Å². The molecule has 36 heavy (non-hydrogen) atoms. The predicted molar refractivity (Wildman–Crippen MR) is 123 cm³/mol. The van der Waals surface area contributed by atoms with Gasteiger partial charge < -0.3 is 19.6 Å². The molecule has 12 heteroatoms. The van der Waals surface area contributed by atoms with Crippen molar-refractivity contribution in [3.8, 4) is 0 Å². The normalized spacial score (nSPS) is 23.1. The van der Waals surface area contributed by atoms with Crippen LogP contribution in [0.4, 0.5) is 23.7 Å². The third-order valence-electron chi connectivity index (χ3n) is 7.24. The summed E-state index contributed by atoms with van der Waals surface area (Å²) in [5.41, 5.74) is 0.576. The van der Waals surface area contributed by atoms with Crippen molar-refractivity contribution in [1.82, 2.24) is 19.6 Å². The van der Waals surface area contributed by atoms with Gasteiger partial charge in [-0.15, -0.1) is 0 Å². The topological polar surface area (TPSA) is 91.1 Å². The molecule has 5 rings (SSSR count). The van der Waals surface area contributed by atoms with Crippen LogP contribution < -0.4 is 4.90 Å². The van der Waals surface area contributed by atoms with E-state index in [4.69, 9.17) is 9.84 Å². The van der Waals surface area contributed by atoms with Gasteiger partial charge in [0.1, 0.15) is 0 Å². The Kier molecular flexibility index (Phi) is 6.64. The monoisotopic (exact) mass is 507 g/mol. The maximum absolute atomic E-state index is 13.6. The molecule has 3 aliphatic rings. The summed E-state index contributed by atoms with van der Waals surface area (Å²) in [5, 5.41) is 12.8. The van der Waals surface area contributed by atoms with Gasteiger partial charge in [0.05, 0.1) is 18.2 Å². The Bertz CT molecular complexity index is 1130. The van der Waals surface area contributed by atoms with Crippen LogP contribution in [0, 0.1) is 5.92 Å². The molecule has 2 atom stereocenters. The molecule has 2 unspecified atom stereocenters. The number of piperazine rings is 1. The minimum Gasteiger partial charge on any atom is -0.476 e. The Morgan fingerprint density at radius 1 is 1.14 bits per heavy atom. The third kappa shape index (κ3) is 5.05. The second-order valence-corrected chi connectivity index (χ2v) is 9.61. The van der Waals surface area contributed by atoms with E-state index in [1.165, 1.54) is 18.3 Å². The van der Waals surface area contributed by atoms with Crippen molar-refractivity contribution in [2.45, 2.75) is 31.6 Å². The Hall–Kier alpha value is -3.12. The lowest BCUT2D eigenvalue weighted by Crippen LogP contribution is -2.49. The number of carbonyl (C=O) groups is 2. The highest BCUT2D eigenvalue weighted by molar-refractivity contribution is 5.86. The first kappa shape index (κ1) is 24.6. The number of amides is 1. The molecular formula is C24H28F3N5O4. The van der Waals surface area contributed by atoms with Gasteiger partial charge in [0.15, 0.2) is 5.69 Å². The number of carboxylic acid groups (broad SMARTS) is 1. The molecule has 1 aromatic heterocycles. The number of anilines is 1. The highest BCUT2D eigenvalue weighted by Gasteiger charge is 2.37. The lowest BCUT2D eigenvalue weighted by Gasteiger charge is -2.36. The van der Waals surface area contributed by atoms with E-state index in [1.54, 1.807) is 11.0 Å². The summed E-state index contributed by atoms with van der Waals surface area (Å²) in [6, 6.07) is 4.91. The van der Waals surface area contributed by atoms with E-state index >= 15 is 0 Å². The standard InChI is InChI=1S/C24H28F3N5O4/c25-24(26,27)18-2-1-17(21(12-18)31-13-16-4-10-36-15-19(31)11-16)14-29-6-8-30(9-7-29)23(35)32-5-3-20(28-32)22(33)34/h1-3,5,12,16,19H,4,6-11,13-15H2,(H,33,34). The number of aromatic carboxylic acids is 1. The van der Waals surface area contributed by atoms with Crippen LogP contribution in [0.25, 0.3) is 0 Å². The fourth-order valence-electron chi connectivity index (χ4n) is 5.31. The minimum atomic E-state index is -4.42. The van der Waals surface area contributed by atoms with E-state index in [2.05, 4.69) is 14.9 Å². The average molecular weight is 508 g/mol. The van der Waals surface area contributed by atoms with Crippen molar-refractivity contribution in [1.29, 1.82) is 0 Å². The van der Waals surface area contributed by atoms with Gasteiger partial charge in [0.25, 0.3) is 0 Å². The minimum absolute atomic E-state index is 0.0685. The van der Waals surface area contributed by atoms with E-state index in [-0.39, 0.29) is 11.7 Å². The molecular weight excluding hydrogens is 479 g/mol. The van der Waals surface area contributed by atoms with Crippen LogP contribution in [0.3, 0.4) is 0 Å². The molecule has 4 heterocycles. The first-order valence-electron chi connectivity index (χ1n) is 12.0. The quantitative estimate of drug-likeness (QED) is 0.681. The summed E-state index contributed by atoms with van der Waals surface area (Å²) in [4.78, 5) is 29.5. The number of alkyl halides is 3. The van der Waals surface area contributed by atoms with Gasteiger partial charge in [-0.05, 0) is 42.5 Å². The lowest BCUT2D eigenvalue weighted by molar-refractivity contribution is -0.137. The molecule has 1 aromatic carbocycles. The lowest BCUT2D eigenvalue weighted by atomic mass is 10.0. The van der Waals surface area contributed by atoms with Crippen molar-refractivity contribution >= 4 is 17.7 Å². The van der Waals surface area contributed by atoms with E-state index in [1.807, 2.05) is 0 Å². The molecule has 0 spiro atoms. The van der Waals surface area contributed by atoms with Gasteiger partial charge in [-0.25, -0.2) is 9.59 Å². The van der Waals surface area contributed by atoms with Gasteiger partial charge in [0, 0.05) is 57.8 Å². The highest BCUT2D eigenvalue weighted by Crippen LogP contribution is 2.39. The smallest absolute Gasteiger partial charge is 0.416 e. The summed E-state index contributed by atoms with van der Waals surface area (Å²) in [6.07, 6.45) is -1.26. The Morgan fingerprint density at radius 3 is 2.61 bits per heavy atom. The van der Waals surface area contributed by atoms with Crippen molar-refractivity contribution in [3.05, 3.63) is 47.3 Å². The third-order valence-corrected chi connectivity index (χ3v) is 7.24. The predicted octanol–water partition coefficient (Wildman–Crippen LogP) is 3.00. The van der Waals surface area contributed by atoms with Crippen molar-refractivity contribution in [3.63, 3.8) is 0 Å². The summed E-state index contributed by atoms with van der Waals surface area (Å²) in [5.74, 6) is -0.791. The zero-order valence-electron chi connectivity index (χ0n) is 19.7. The zero-order chi connectivity index (χ0) is 25.4. The number of hydrogen-bond donors (Lipinski definition) is 1. The molecule has 9 nitrogen and oxygen atoms in total. The van der Waals surface area contributed by atoms with Crippen LogP contribution in [-0.2, 0) is 17.5 Å². The van der Waals surface area contributed by atoms with Crippen LogP contribution in [0.1, 0.15) is 34.5 Å². The maximum atomic E-state index is 13.6. The fourth-order valence-corrected chi connectivity index (χ4v) is 5.31. The number of rotatable bonds is 4. The zero-order valence-corrected chi connectivity index (χ0v) is 19.7. The summed E-state index contributed by atoms with van der Waals surface area (Å²) in [6.45, 7) is 4.29. The average Bonchev–Trinajstić information content (AvgIpc) is 3.42. The molecule has 3 saturated heterocycles. The van der Waals surface area contributed by atoms with Crippen LogP contribution in [0.15, 0.2) is 30.5 Å². The Balaban J connectivity index is 1.29. The first-order valence-corrected chi connectivity index (χ1v) is 12.0. The molecule has 3 aliphatic heterocycles. The molecule has 2 aromatic rings. The van der Waals surface area contributed by atoms with Crippen molar-refractivity contribution in [2.24, 2.45) is 5.92 Å². The number of ether oxygens (including phenoxy) is 1. The maximum Gasteiger partial charge on any atom is 0.416 e. The highest BCUT2D eigenvalue weighted by atomic mass is 19.4. The summed E-state index contributed by atoms with van der Waals surface area (Å²) >= 11 is 0. The molecule has 1 amide bonds. The number of fused-ring (bicyclic) bond motifs is 2. The second kappa shape index (κ2) is 9.74. The van der Waals surface area contributed by atoms with Crippen LogP contribution >= 0.6 is 0 Å². The number of aromatic nitrogens is 2. The van der Waals surface area contributed by atoms with Gasteiger partial charge in [-0.1, -0.05) is 6.07 Å². The molecule has 2 bridgehead atoms. The van der Waals surface area contributed by atoms with Gasteiger partial charge in [-0.3, -0.25) is 4.90 Å². The largest absolute Gasteiger partial charge is 0.476 e. The first-order chi connectivity index (χ1) is 17.2. The van der Waals surface area contributed by atoms with E-state index in [9.17, 15) is 22.8 Å². The Morgan fingerprint density at radius 2 is 1.92 bits per heavy atom. The SMILES string of the molecule is O=C(O)c1ccn(C(=O)N2CCN(Cc3ccc(C(F)(F)F)cc3N3CC4CCOCC3C4)CC2)n1. The van der Waals surface area contributed by atoms with E-state index in [0.717, 1.165) is 35.7 Å². The molecule has 3 fully saturated rings. The number of halogens is 3. The van der Waals surface area contributed by atoms with Crippen LogP contribution in [0.2, 0.25) is 0 Å². The summed E-state index contributed by atoms with van der Waals surface area (Å²) < 4.78 is 47.4. The fraction of sp³-hybridized carbons (Fsp3) is 0.542. The van der Waals surface area contributed by atoms with Gasteiger partial charge in [-0.2, -0.15) is 23.0 Å². The van der Waals surface area contributed by atoms with Crippen molar-refractivity contribution < 1.29 is 32.6 Å². The number of carboxylic acids is 1.